The topological polar surface area (TPSA) is 88.2 Å². The molecule has 7 heteroatoms. The minimum atomic E-state index is -0.709. The summed E-state index contributed by atoms with van der Waals surface area (Å²) in [4.78, 5) is 27.2. The molecule has 0 spiro atoms. The van der Waals surface area contributed by atoms with Gasteiger partial charge in [-0.1, -0.05) is 12.2 Å². The summed E-state index contributed by atoms with van der Waals surface area (Å²) in [5.74, 6) is -1.37. The molecule has 1 aromatic heterocycles. The molecular formula is C16H14N4O3. The van der Waals surface area contributed by atoms with E-state index in [-0.39, 0.29) is 11.8 Å². The van der Waals surface area contributed by atoms with E-state index < -0.39 is 23.0 Å². The highest BCUT2D eigenvalue weighted by Gasteiger charge is 2.70. The maximum Gasteiger partial charge on any atom is 0.241 e. The largest absolute Gasteiger partial charge is 0.359 e. The van der Waals surface area contributed by atoms with E-state index in [9.17, 15) is 9.59 Å². The van der Waals surface area contributed by atoms with Gasteiger partial charge in [-0.25, -0.2) is 4.90 Å². The minimum Gasteiger partial charge on any atom is -0.359 e. The number of hydrogen-bond donors (Lipinski definition) is 1. The van der Waals surface area contributed by atoms with Crippen molar-refractivity contribution < 1.29 is 14.3 Å². The van der Waals surface area contributed by atoms with E-state index in [1.165, 1.54) is 4.90 Å². The predicted octanol–water partition coefficient (Wildman–Crippen LogP) is 1.18. The maximum atomic E-state index is 13.0. The second kappa shape index (κ2) is 3.68. The number of fused-ring (bicyclic) bond motifs is 6. The number of aromatic amines is 1. The number of nitrogens with one attached hydrogen (secondary N) is 1. The molecule has 0 unspecified atom stereocenters. The molecule has 23 heavy (non-hydrogen) atoms. The van der Waals surface area contributed by atoms with Gasteiger partial charge in [0.05, 0.1) is 28.7 Å². The van der Waals surface area contributed by atoms with Crippen molar-refractivity contribution in [1.29, 1.82) is 0 Å². The Morgan fingerprint density at radius 2 is 1.65 bits per heavy atom. The van der Waals surface area contributed by atoms with Crippen LogP contribution in [0.5, 0.6) is 0 Å². The van der Waals surface area contributed by atoms with Crippen LogP contribution >= 0.6 is 0 Å². The smallest absolute Gasteiger partial charge is 0.241 e. The highest BCUT2D eigenvalue weighted by molar-refractivity contribution is 6.23. The van der Waals surface area contributed by atoms with Crippen LogP contribution < -0.4 is 4.90 Å². The van der Waals surface area contributed by atoms with Crippen molar-refractivity contribution in [2.45, 2.75) is 25.0 Å². The molecule has 7 nitrogen and oxygen atoms in total. The summed E-state index contributed by atoms with van der Waals surface area (Å²) >= 11 is 0. The number of anilines is 1. The van der Waals surface area contributed by atoms with Crippen LogP contribution in [-0.2, 0) is 14.3 Å². The van der Waals surface area contributed by atoms with Gasteiger partial charge in [0, 0.05) is 0 Å². The van der Waals surface area contributed by atoms with Gasteiger partial charge in [0.2, 0.25) is 11.8 Å². The Labute approximate surface area is 131 Å². The third-order valence-electron chi connectivity index (χ3n) is 5.28. The number of ether oxygens (including phenoxy) is 1. The molecule has 2 aromatic rings. The molecule has 0 radical (unpaired) electrons. The van der Waals surface area contributed by atoms with Crippen LogP contribution in [0.3, 0.4) is 0 Å². The number of imide groups is 1. The SMILES string of the molecule is C[C@]12C=C[C@](C)(O1)[C@H]1C(=O)N(c3ccc4n[nH]nc4c3)C(=O)[C@H]12. The number of H-pyrrole nitrogens is 1. The predicted molar refractivity (Wildman–Crippen MR) is 80.4 cm³/mol. The number of nitrogens with zero attached hydrogens (tertiary/aromatic N) is 3. The monoisotopic (exact) mass is 310 g/mol. The first-order valence-electron chi connectivity index (χ1n) is 7.52. The van der Waals surface area contributed by atoms with Crippen molar-refractivity contribution in [3.05, 3.63) is 30.4 Å². The van der Waals surface area contributed by atoms with Crippen LogP contribution in [0.15, 0.2) is 30.4 Å². The normalized spacial score (nSPS) is 38.1. The fraction of sp³-hybridized carbons (Fsp3) is 0.375. The fourth-order valence-electron chi connectivity index (χ4n) is 4.25. The highest BCUT2D eigenvalue weighted by atomic mass is 16.5. The molecule has 4 heterocycles. The molecule has 0 aliphatic carbocycles. The van der Waals surface area contributed by atoms with Gasteiger partial charge in [0.25, 0.3) is 0 Å². The first kappa shape index (κ1) is 13.0. The van der Waals surface area contributed by atoms with Gasteiger partial charge in [-0.2, -0.15) is 15.4 Å². The first-order valence-corrected chi connectivity index (χ1v) is 7.52. The van der Waals surface area contributed by atoms with Gasteiger partial charge in [0.15, 0.2) is 0 Å². The molecule has 116 valence electrons. The zero-order valence-electron chi connectivity index (χ0n) is 12.6. The van der Waals surface area contributed by atoms with E-state index in [4.69, 9.17) is 4.74 Å². The Bertz CT molecular complexity index is 883. The lowest BCUT2D eigenvalue weighted by molar-refractivity contribution is -0.128. The number of benzene rings is 1. The Kier molecular flexibility index (Phi) is 2.07. The van der Waals surface area contributed by atoms with Gasteiger partial charge in [-0.05, 0) is 32.0 Å². The van der Waals surface area contributed by atoms with Crippen LogP contribution in [0, 0.1) is 11.8 Å². The number of amides is 2. The Morgan fingerprint density at radius 1 is 1.04 bits per heavy atom. The number of carbonyl (C=O) groups is 2. The summed E-state index contributed by atoms with van der Waals surface area (Å²) in [6, 6.07) is 5.18. The summed E-state index contributed by atoms with van der Waals surface area (Å²) in [5.41, 5.74) is 0.423. The molecule has 2 saturated heterocycles. The van der Waals surface area contributed by atoms with Crippen LogP contribution in [-0.4, -0.2) is 38.4 Å². The Morgan fingerprint density at radius 3 is 2.30 bits per heavy atom. The van der Waals surface area contributed by atoms with Gasteiger partial charge >= 0.3 is 0 Å². The Balaban J connectivity index is 1.64. The van der Waals surface area contributed by atoms with E-state index in [0.29, 0.717) is 16.7 Å². The van der Waals surface area contributed by atoms with Gasteiger partial charge < -0.3 is 4.74 Å². The van der Waals surface area contributed by atoms with Crippen LogP contribution in [0.1, 0.15) is 13.8 Å². The van der Waals surface area contributed by atoms with Crippen molar-refractivity contribution in [2.24, 2.45) is 11.8 Å². The third-order valence-corrected chi connectivity index (χ3v) is 5.28. The van der Waals surface area contributed by atoms with Crippen LogP contribution in [0.2, 0.25) is 0 Å². The van der Waals surface area contributed by atoms with Gasteiger partial charge in [-0.15, -0.1) is 0 Å². The van der Waals surface area contributed by atoms with Crippen LogP contribution in [0.25, 0.3) is 11.0 Å². The van der Waals surface area contributed by atoms with Gasteiger partial charge in [0.1, 0.15) is 11.0 Å². The molecular weight excluding hydrogens is 296 g/mol. The highest BCUT2D eigenvalue weighted by Crippen LogP contribution is 2.57. The lowest BCUT2D eigenvalue weighted by Crippen LogP contribution is -2.39. The molecule has 2 bridgehead atoms. The van der Waals surface area contributed by atoms with Crippen molar-refractivity contribution >= 4 is 28.5 Å². The fourth-order valence-corrected chi connectivity index (χ4v) is 4.25. The second-order valence-electron chi connectivity index (χ2n) is 6.77. The van der Waals surface area contributed by atoms with Crippen molar-refractivity contribution in [2.75, 3.05) is 4.90 Å². The molecule has 3 aliphatic rings. The van der Waals surface area contributed by atoms with Crippen LogP contribution in [0.4, 0.5) is 5.69 Å². The molecule has 0 saturated carbocycles. The van der Waals surface area contributed by atoms with E-state index in [0.717, 1.165) is 0 Å². The quantitative estimate of drug-likeness (QED) is 0.631. The molecule has 1 aromatic carbocycles. The zero-order chi connectivity index (χ0) is 16.0. The lowest BCUT2D eigenvalue weighted by Gasteiger charge is -2.25. The number of hydrogen-bond acceptors (Lipinski definition) is 5. The third kappa shape index (κ3) is 1.38. The Hall–Kier alpha value is -2.54. The number of carbonyl (C=O) groups excluding carboxylic acids is 2. The van der Waals surface area contributed by atoms with Gasteiger partial charge in [-0.3, -0.25) is 9.59 Å². The first-order chi connectivity index (χ1) is 10.9. The molecule has 4 atom stereocenters. The summed E-state index contributed by atoms with van der Waals surface area (Å²) < 4.78 is 5.99. The minimum absolute atomic E-state index is 0.210. The summed E-state index contributed by atoms with van der Waals surface area (Å²) in [6.45, 7) is 3.74. The second-order valence-corrected chi connectivity index (χ2v) is 6.77. The molecule has 2 amide bonds. The van der Waals surface area contributed by atoms with E-state index in [1.807, 2.05) is 26.0 Å². The molecule has 2 fully saturated rings. The molecule has 3 aliphatic heterocycles. The van der Waals surface area contributed by atoms with E-state index >= 15 is 0 Å². The average molecular weight is 310 g/mol. The summed E-state index contributed by atoms with van der Waals surface area (Å²) in [7, 11) is 0. The molecule has 1 N–H and O–H groups in total. The van der Waals surface area contributed by atoms with E-state index in [2.05, 4.69) is 15.4 Å². The summed E-state index contributed by atoms with van der Waals surface area (Å²) in [6.07, 6.45) is 3.81. The van der Waals surface area contributed by atoms with Crippen molar-refractivity contribution in [1.82, 2.24) is 15.4 Å². The lowest BCUT2D eigenvalue weighted by atomic mass is 9.73. The molecule has 5 rings (SSSR count). The maximum absolute atomic E-state index is 13.0. The van der Waals surface area contributed by atoms with Crippen molar-refractivity contribution in [3.63, 3.8) is 0 Å². The van der Waals surface area contributed by atoms with Crippen molar-refractivity contribution in [3.8, 4) is 0 Å². The standard InChI is InChI=1S/C16H14N4O3/c1-15-5-6-16(2,23-15)12-11(15)13(21)20(14(12)22)8-3-4-9-10(7-8)18-19-17-9/h3-7,11-12H,1-2H3,(H,17,18,19)/t11-,12+,15+,16-. The number of rotatable bonds is 1. The van der Waals surface area contributed by atoms with E-state index in [1.54, 1.807) is 18.2 Å². The zero-order valence-corrected chi connectivity index (χ0v) is 12.6. The number of aromatic nitrogens is 3. The average Bonchev–Trinajstić information content (AvgIpc) is 3.19. The summed E-state index contributed by atoms with van der Waals surface area (Å²) in [5, 5.41) is 10.5.